The summed E-state index contributed by atoms with van der Waals surface area (Å²) in [5.74, 6) is 2.66. The Balaban J connectivity index is 1.55. The molecule has 1 aromatic heterocycles. The Morgan fingerprint density at radius 2 is 1.53 bits per heavy atom. The molecule has 0 unspecified atom stereocenters. The summed E-state index contributed by atoms with van der Waals surface area (Å²) in [6.07, 6.45) is 0. The number of ether oxygens (including phenoxy) is 2. The van der Waals surface area contributed by atoms with Gasteiger partial charge in [0.1, 0.15) is 35.2 Å². The molecule has 30 heavy (non-hydrogen) atoms. The quantitative estimate of drug-likeness (QED) is 0.426. The molecule has 4 rings (SSSR count). The summed E-state index contributed by atoms with van der Waals surface area (Å²) in [6.45, 7) is 1.36. The van der Waals surface area contributed by atoms with Gasteiger partial charge in [-0.25, -0.2) is 0 Å². The van der Waals surface area contributed by atoms with E-state index in [2.05, 4.69) is 0 Å². The number of likely N-dealkylation sites (N-methyl/N-ethyl adjacent to an activating group) is 1. The van der Waals surface area contributed by atoms with Crippen molar-refractivity contribution < 1.29 is 13.9 Å². The smallest absolute Gasteiger partial charge is 0.193 e. The second-order valence-corrected chi connectivity index (χ2v) is 7.22. The van der Waals surface area contributed by atoms with E-state index in [9.17, 15) is 4.79 Å². The fourth-order valence-electron chi connectivity index (χ4n) is 3.03. The Hall–Kier alpha value is -3.57. The van der Waals surface area contributed by atoms with E-state index in [1.54, 1.807) is 12.1 Å². The molecular weight excluding hydrogens is 378 g/mol. The van der Waals surface area contributed by atoms with Crippen LogP contribution >= 0.6 is 0 Å². The van der Waals surface area contributed by atoms with Crippen molar-refractivity contribution in [1.82, 2.24) is 4.90 Å². The van der Waals surface area contributed by atoms with Crippen LogP contribution < -0.4 is 14.9 Å². The zero-order valence-corrected chi connectivity index (χ0v) is 17.0. The van der Waals surface area contributed by atoms with Gasteiger partial charge >= 0.3 is 0 Å². The Kier molecular flexibility index (Phi) is 5.82. The van der Waals surface area contributed by atoms with Crippen LogP contribution in [0.3, 0.4) is 0 Å². The molecule has 4 aromatic rings. The van der Waals surface area contributed by atoms with E-state index >= 15 is 0 Å². The third kappa shape index (κ3) is 4.70. The van der Waals surface area contributed by atoms with Crippen LogP contribution in [0, 0.1) is 0 Å². The molecule has 0 saturated heterocycles. The molecule has 0 fully saturated rings. The van der Waals surface area contributed by atoms with Crippen molar-refractivity contribution in [2.75, 3.05) is 27.2 Å². The molecule has 0 aliphatic rings. The van der Waals surface area contributed by atoms with Gasteiger partial charge in [0.05, 0.1) is 5.39 Å². The second kappa shape index (κ2) is 8.84. The summed E-state index contributed by atoms with van der Waals surface area (Å²) in [4.78, 5) is 14.7. The zero-order chi connectivity index (χ0) is 20.9. The Morgan fingerprint density at radius 1 is 0.833 bits per heavy atom. The first-order chi connectivity index (χ1) is 14.6. The first-order valence-corrected chi connectivity index (χ1v) is 9.77. The second-order valence-electron chi connectivity index (χ2n) is 7.22. The summed E-state index contributed by atoms with van der Waals surface area (Å²) in [5.41, 5.74) is 1.23. The zero-order valence-electron chi connectivity index (χ0n) is 17.0. The SMILES string of the molecule is CN(C)CCOc1ccc2oc(-c3ccc(Oc4ccccc4)cc3)cc(=O)c2c1. The molecule has 0 N–H and O–H groups in total. The molecule has 0 saturated carbocycles. The number of nitrogens with zero attached hydrogens (tertiary/aromatic N) is 1. The fraction of sp³-hybridized carbons (Fsp3) is 0.160. The van der Waals surface area contributed by atoms with E-state index < -0.39 is 0 Å². The summed E-state index contributed by atoms with van der Waals surface area (Å²) >= 11 is 0. The van der Waals surface area contributed by atoms with Gasteiger partial charge in [-0.05, 0) is 68.7 Å². The van der Waals surface area contributed by atoms with Crippen LogP contribution in [0.25, 0.3) is 22.3 Å². The summed E-state index contributed by atoms with van der Waals surface area (Å²) in [6, 6.07) is 23.9. The van der Waals surface area contributed by atoms with Gasteiger partial charge in [0.15, 0.2) is 5.43 Å². The van der Waals surface area contributed by atoms with E-state index in [1.807, 2.05) is 79.7 Å². The Bertz CT molecular complexity index is 1180. The first kappa shape index (κ1) is 19.7. The maximum absolute atomic E-state index is 12.7. The average Bonchev–Trinajstić information content (AvgIpc) is 2.75. The van der Waals surface area contributed by atoms with Crippen LogP contribution in [0.1, 0.15) is 0 Å². The number of hydrogen-bond acceptors (Lipinski definition) is 5. The van der Waals surface area contributed by atoms with E-state index in [-0.39, 0.29) is 5.43 Å². The van der Waals surface area contributed by atoms with E-state index in [1.165, 1.54) is 6.07 Å². The molecule has 0 aliphatic heterocycles. The molecule has 0 atom stereocenters. The van der Waals surface area contributed by atoms with Crippen LogP contribution in [0.4, 0.5) is 0 Å². The van der Waals surface area contributed by atoms with Crippen LogP contribution in [0.15, 0.2) is 88.1 Å². The topological polar surface area (TPSA) is 51.9 Å². The average molecular weight is 401 g/mol. The molecule has 5 nitrogen and oxygen atoms in total. The highest BCUT2D eigenvalue weighted by Gasteiger charge is 2.09. The molecule has 152 valence electrons. The van der Waals surface area contributed by atoms with Gasteiger partial charge in [-0.15, -0.1) is 0 Å². The van der Waals surface area contributed by atoms with Gasteiger partial charge < -0.3 is 18.8 Å². The molecule has 0 bridgehead atoms. The van der Waals surface area contributed by atoms with Crippen molar-refractivity contribution in [1.29, 1.82) is 0 Å². The van der Waals surface area contributed by atoms with Crippen molar-refractivity contribution in [2.45, 2.75) is 0 Å². The predicted molar refractivity (Wildman–Crippen MR) is 118 cm³/mol. The van der Waals surface area contributed by atoms with Crippen molar-refractivity contribution in [2.24, 2.45) is 0 Å². The minimum atomic E-state index is -0.103. The number of fused-ring (bicyclic) bond motifs is 1. The van der Waals surface area contributed by atoms with Crippen molar-refractivity contribution in [3.63, 3.8) is 0 Å². The third-order valence-corrected chi connectivity index (χ3v) is 4.62. The van der Waals surface area contributed by atoms with Gasteiger partial charge in [0, 0.05) is 18.2 Å². The lowest BCUT2D eigenvalue weighted by molar-refractivity contribution is 0.261. The molecule has 3 aromatic carbocycles. The predicted octanol–water partition coefficient (Wildman–Crippen LogP) is 5.19. The van der Waals surface area contributed by atoms with Gasteiger partial charge in [0.25, 0.3) is 0 Å². The van der Waals surface area contributed by atoms with Crippen molar-refractivity contribution >= 4 is 11.0 Å². The first-order valence-electron chi connectivity index (χ1n) is 9.77. The molecular formula is C25H23NO4. The molecule has 0 amide bonds. The molecule has 5 heteroatoms. The third-order valence-electron chi connectivity index (χ3n) is 4.62. The van der Waals surface area contributed by atoms with Crippen molar-refractivity contribution in [3.05, 3.63) is 89.1 Å². The highest BCUT2D eigenvalue weighted by molar-refractivity contribution is 5.80. The molecule has 1 heterocycles. The van der Waals surface area contributed by atoms with Crippen LogP contribution in [-0.4, -0.2) is 32.1 Å². The summed E-state index contributed by atoms with van der Waals surface area (Å²) in [7, 11) is 3.97. The lowest BCUT2D eigenvalue weighted by Gasteiger charge is -2.11. The highest BCUT2D eigenvalue weighted by atomic mass is 16.5. The van der Waals surface area contributed by atoms with Crippen LogP contribution in [0.2, 0.25) is 0 Å². The standard InChI is InChI=1S/C25H23NO4/c1-26(2)14-15-28-21-12-13-24-22(16-21)23(27)17-25(30-24)18-8-10-20(11-9-18)29-19-6-4-3-5-7-19/h3-13,16-17H,14-15H2,1-2H3. The monoisotopic (exact) mass is 401 g/mol. The minimum absolute atomic E-state index is 0.103. The van der Waals surface area contributed by atoms with E-state index in [0.29, 0.717) is 34.8 Å². The lowest BCUT2D eigenvalue weighted by atomic mass is 10.1. The van der Waals surface area contributed by atoms with Gasteiger partial charge in [-0.3, -0.25) is 4.79 Å². The summed E-state index contributed by atoms with van der Waals surface area (Å²) < 4.78 is 17.5. The maximum Gasteiger partial charge on any atom is 0.193 e. The van der Waals surface area contributed by atoms with Crippen LogP contribution in [0.5, 0.6) is 17.2 Å². The fourth-order valence-corrected chi connectivity index (χ4v) is 3.03. The van der Waals surface area contributed by atoms with E-state index in [4.69, 9.17) is 13.9 Å². The largest absolute Gasteiger partial charge is 0.492 e. The van der Waals surface area contributed by atoms with Crippen LogP contribution in [-0.2, 0) is 0 Å². The molecule has 0 spiro atoms. The number of rotatable bonds is 7. The highest BCUT2D eigenvalue weighted by Crippen LogP contribution is 2.28. The van der Waals surface area contributed by atoms with E-state index in [0.717, 1.165) is 17.9 Å². The number of hydrogen-bond donors (Lipinski definition) is 0. The van der Waals surface area contributed by atoms with Gasteiger partial charge in [-0.2, -0.15) is 0 Å². The van der Waals surface area contributed by atoms with Gasteiger partial charge in [0.2, 0.25) is 0 Å². The molecule has 0 aliphatic carbocycles. The summed E-state index contributed by atoms with van der Waals surface area (Å²) in [5, 5.41) is 0.505. The minimum Gasteiger partial charge on any atom is -0.492 e. The Labute approximate surface area is 175 Å². The van der Waals surface area contributed by atoms with Crippen molar-refractivity contribution in [3.8, 4) is 28.6 Å². The maximum atomic E-state index is 12.7. The molecule has 0 radical (unpaired) electrons. The lowest BCUT2D eigenvalue weighted by Crippen LogP contribution is -2.19. The normalized spacial score (nSPS) is 11.0. The number of para-hydroxylation sites is 1. The Morgan fingerprint density at radius 3 is 2.27 bits per heavy atom. The van der Waals surface area contributed by atoms with Gasteiger partial charge in [-0.1, -0.05) is 18.2 Å². The number of benzene rings is 3.